The molecule has 1 saturated heterocycles. The molecule has 8 nitrogen and oxygen atoms in total. The van der Waals surface area contributed by atoms with Crippen molar-refractivity contribution in [3.05, 3.63) is 42.4 Å². The number of rotatable bonds is 5. The molecule has 1 aliphatic rings. The molecule has 1 fully saturated rings. The normalized spacial score (nSPS) is 18.5. The molecule has 1 aromatic heterocycles. The summed E-state index contributed by atoms with van der Waals surface area (Å²) in [7, 11) is -1.46. The van der Waals surface area contributed by atoms with Gasteiger partial charge in [-0.3, -0.25) is 4.79 Å². The summed E-state index contributed by atoms with van der Waals surface area (Å²) in [6.07, 6.45) is 3.22. The summed E-state index contributed by atoms with van der Waals surface area (Å²) in [4.78, 5) is 20.4. The SMILES string of the molecule is COc1cccc(Nc2cnc(C(=O)NC3CCS(=O)(=O)C3)cn2)c1. The maximum Gasteiger partial charge on any atom is 0.271 e. The fourth-order valence-corrected chi connectivity index (χ4v) is 4.20. The van der Waals surface area contributed by atoms with Gasteiger partial charge in [0, 0.05) is 17.8 Å². The van der Waals surface area contributed by atoms with Gasteiger partial charge < -0.3 is 15.4 Å². The Morgan fingerprint density at radius 3 is 2.76 bits per heavy atom. The summed E-state index contributed by atoms with van der Waals surface area (Å²) in [6, 6.07) is 6.96. The van der Waals surface area contributed by atoms with Crippen LogP contribution in [0.1, 0.15) is 16.9 Å². The smallest absolute Gasteiger partial charge is 0.271 e. The van der Waals surface area contributed by atoms with Crippen LogP contribution in [0.4, 0.5) is 11.5 Å². The third-order valence-electron chi connectivity index (χ3n) is 3.79. The average molecular weight is 362 g/mol. The van der Waals surface area contributed by atoms with Gasteiger partial charge >= 0.3 is 0 Å². The van der Waals surface area contributed by atoms with Gasteiger partial charge in [-0.25, -0.2) is 18.4 Å². The molecule has 1 aliphatic heterocycles. The number of carbonyl (C=O) groups is 1. The third-order valence-corrected chi connectivity index (χ3v) is 5.56. The second kappa shape index (κ2) is 7.06. The van der Waals surface area contributed by atoms with Crippen LogP contribution in [-0.4, -0.2) is 49.0 Å². The zero-order chi connectivity index (χ0) is 17.9. The van der Waals surface area contributed by atoms with Crippen LogP contribution in [0.15, 0.2) is 36.7 Å². The second-order valence-corrected chi connectivity index (χ2v) is 7.95. The van der Waals surface area contributed by atoms with Gasteiger partial charge in [0.05, 0.1) is 31.0 Å². The number of hydrogen-bond donors (Lipinski definition) is 2. The van der Waals surface area contributed by atoms with Crippen LogP contribution in [0.3, 0.4) is 0 Å². The predicted molar refractivity (Wildman–Crippen MR) is 92.8 cm³/mol. The fourth-order valence-electron chi connectivity index (χ4n) is 2.53. The Kier molecular flexibility index (Phi) is 4.84. The Hall–Kier alpha value is -2.68. The van der Waals surface area contributed by atoms with Crippen molar-refractivity contribution in [2.75, 3.05) is 23.9 Å². The van der Waals surface area contributed by atoms with Crippen LogP contribution >= 0.6 is 0 Å². The van der Waals surface area contributed by atoms with Crippen molar-refractivity contribution in [3.63, 3.8) is 0 Å². The van der Waals surface area contributed by atoms with Gasteiger partial charge in [0.2, 0.25) is 0 Å². The number of sulfone groups is 1. The van der Waals surface area contributed by atoms with Gasteiger partial charge in [0.1, 0.15) is 17.3 Å². The van der Waals surface area contributed by atoms with Gasteiger partial charge in [-0.05, 0) is 18.6 Å². The number of aromatic nitrogens is 2. The van der Waals surface area contributed by atoms with E-state index in [1.54, 1.807) is 7.11 Å². The lowest BCUT2D eigenvalue weighted by molar-refractivity contribution is 0.0935. The summed E-state index contributed by atoms with van der Waals surface area (Å²) in [5, 5.41) is 5.74. The largest absolute Gasteiger partial charge is 0.497 e. The van der Waals surface area contributed by atoms with Gasteiger partial charge in [-0.15, -0.1) is 0 Å². The van der Waals surface area contributed by atoms with Crippen LogP contribution in [0.5, 0.6) is 5.75 Å². The Bertz CT molecular complexity index is 868. The van der Waals surface area contributed by atoms with E-state index >= 15 is 0 Å². The molecule has 25 heavy (non-hydrogen) atoms. The van der Waals surface area contributed by atoms with Crippen molar-refractivity contribution in [1.29, 1.82) is 0 Å². The number of nitrogens with zero attached hydrogens (tertiary/aromatic N) is 2. The maximum atomic E-state index is 12.1. The van der Waals surface area contributed by atoms with Crippen molar-refractivity contribution in [3.8, 4) is 5.75 Å². The summed E-state index contributed by atoms with van der Waals surface area (Å²) in [5.41, 5.74) is 0.919. The molecule has 3 rings (SSSR count). The molecule has 1 unspecified atom stereocenters. The van der Waals surface area contributed by atoms with E-state index in [1.165, 1.54) is 12.4 Å². The molecule has 9 heteroatoms. The number of nitrogens with one attached hydrogen (secondary N) is 2. The van der Waals surface area contributed by atoms with Crippen molar-refractivity contribution in [1.82, 2.24) is 15.3 Å². The highest BCUT2D eigenvalue weighted by Gasteiger charge is 2.29. The molecular formula is C16H18N4O4S. The van der Waals surface area contributed by atoms with Gasteiger partial charge in [0.15, 0.2) is 9.84 Å². The molecule has 1 amide bonds. The minimum Gasteiger partial charge on any atom is -0.497 e. The van der Waals surface area contributed by atoms with E-state index in [4.69, 9.17) is 4.74 Å². The Morgan fingerprint density at radius 1 is 1.28 bits per heavy atom. The van der Waals surface area contributed by atoms with E-state index in [2.05, 4.69) is 20.6 Å². The van der Waals surface area contributed by atoms with Gasteiger partial charge in [-0.1, -0.05) is 6.07 Å². The van der Waals surface area contributed by atoms with E-state index in [0.29, 0.717) is 18.0 Å². The summed E-state index contributed by atoms with van der Waals surface area (Å²) in [5.74, 6) is 0.838. The third kappa shape index (κ3) is 4.44. The molecule has 0 saturated carbocycles. The minimum atomic E-state index is -3.04. The topological polar surface area (TPSA) is 110 Å². The first-order valence-corrected chi connectivity index (χ1v) is 9.52. The highest BCUT2D eigenvalue weighted by atomic mass is 32.2. The van der Waals surface area contributed by atoms with Crippen molar-refractivity contribution in [2.24, 2.45) is 0 Å². The van der Waals surface area contributed by atoms with E-state index < -0.39 is 15.7 Å². The molecular weight excluding hydrogens is 344 g/mol. The number of benzene rings is 1. The lowest BCUT2D eigenvalue weighted by Crippen LogP contribution is -2.36. The first-order chi connectivity index (χ1) is 11.9. The lowest BCUT2D eigenvalue weighted by atomic mass is 10.2. The summed E-state index contributed by atoms with van der Waals surface area (Å²) >= 11 is 0. The number of ether oxygens (including phenoxy) is 1. The van der Waals surface area contributed by atoms with Crippen LogP contribution in [-0.2, 0) is 9.84 Å². The molecule has 0 bridgehead atoms. The van der Waals surface area contributed by atoms with Crippen molar-refractivity contribution < 1.29 is 17.9 Å². The van der Waals surface area contributed by atoms with Crippen molar-refractivity contribution >= 4 is 27.2 Å². The second-order valence-electron chi connectivity index (χ2n) is 5.72. The minimum absolute atomic E-state index is 0.0261. The molecule has 0 aliphatic carbocycles. The molecule has 0 spiro atoms. The molecule has 0 radical (unpaired) electrons. The van der Waals surface area contributed by atoms with Crippen LogP contribution in [0.2, 0.25) is 0 Å². The van der Waals surface area contributed by atoms with Crippen LogP contribution < -0.4 is 15.4 Å². The molecule has 2 N–H and O–H groups in total. The van der Waals surface area contributed by atoms with Crippen LogP contribution in [0, 0.1) is 0 Å². The zero-order valence-electron chi connectivity index (χ0n) is 13.6. The standard InChI is InChI=1S/C16H18N4O4S/c1-24-13-4-2-3-11(7-13)19-15-9-17-14(8-18-15)16(21)20-12-5-6-25(22,23)10-12/h2-4,7-9,12H,5-6,10H2,1H3,(H,18,19)(H,20,21). The highest BCUT2D eigenvalue weighted by Crippen LogP contribution is 2.19. The summed E-state index contributed by atoms with van der Waals surface area (Å²) in [6.45, 7) is 0. The van der Waals surface area contributed by atoms with Crippen molar-refractivity contribution in [2.45, 2.75) is 12.5 Å². The maximum absolute atomic E-state index is 12.1. The highest BCUT2D eigenvalue weighted by molar-refractivity contribution is 7.91. The fraction of sp³-hybridized carbons (Fsp3) is 0.312. The number of methoxy groups -OCH3 is 1. The quantitative estimate of drug-likeness (QED) is 0.821. The first kappa shape index (κ1) is 17.2. The van der Waals surface area contributed by atoms with E-state index in [9.17, 15) is 13.2 Å². The van der Waals surface area contributed by atoms with E-state index in [-0.39, 0.29) is 23.2 Å². The monoisotopic (exact) mass is 362 g/mol. The number of carbonyl (C=O) groups excluding carboxylic acids is 1. The van der Waals surface area contributed by atoms with Gasteiger partial charge in [-0.2, -0.15) is 0 Å². The number of anilines is 2. The molecule has 132 valence electrons. The molecule has 1 aromatic carbocycles. The van der Waals surface area contributed by atoms with E-state index in [0.717, 1.165) is 5.69 Å². The Labute approximate surface area is 145 Å². The molecule has 2 aromatic rings. The van der Waals surface area contributed by atoms with Crippen LogP contribution in [0.25, 0.3) is 0 Å². The average Bonchev–Trinajstić information content (AvgIpc) is 2.94. The van der Waals surface area contributed by atoms with Gasteiger partial charge in [0.25, 0.3) is 5.91 Å². The lowest BCUT2D eigenvalue weighted by Gasteiger charge is -2.10. The Morgan fingerprint density at radius 2 is 2.12 bits per heavy atom. The summed E-state index contributed by atoms with van der Waals surface area (Å²) < 4.78 is 28.0. The number of amides is 1. The van der Waals surface area contributed by atoms with E-state index in [1.807, 2.05) is 24.3 Å². The number of hydrogen-bond acceptors (Lipinski definition) is 7. The Balaban J connectivity index is 1.62. The predicted octanol–water partition coefficient (Wildman–Crippen LogP) is 1.15. The molecule has 2 heterocycles. The first-order valence-electron chi connectivity index (χ1n) is 7.69. The zero-order valence-corrected chi connectivity index (χ0v) is 14.4. The molecule has 1 atom stereocenters.